The lowest BCUT2D eigenvalue weighted by Crippen LogP contribution is -2.59. The van der Waals surface area contributed by atoms with Crippen LogP contribution in [0.2, 0.25) is 0 Å². The maximum Gasteiger partial charge on any atom is 0.0601 e. The first-order valence-electron chi connectivity index (χ1n) is 6.41. The van der Waals surface area contributed by atoms with E-state index in [0.717, 1.165) is 6.17 Å². The van der Waals surface area contributed by atoms with Gasteiger partial charge in [0.1, 0.15) is 0 Å². The van der Waals surface area contributed by atoms with Gasteiger partial charge in [0.2, 0.25) is 0 Å². The third kappa shape index (κ3) is 1.31. The molecule has 1 saturated carbocycles. The van der Waals surface area contributed by atoms with Gasteiger partial charge in [0.05, 0.1) is 6.17 Å². The second-order valence-electron chi connectivity index (χ2n) is 5.34. The molecule has 2 aliphatic heterocycles. The second kappa shape index (κ2) is 3.49. The number of rotatable bonds is 1. The zero-order valence-electron chi connectivity index (χ0n) is 9.10. The molecule has 0 radical (unpaired) electrons. The van der Waals surface area contributed by atoms with Gasteiger partial charge in [0, 0.05) is 12.1 Å². The van der Waals surface area contributed by atoms with Crippen LogP contribution in [0.15, 0.2) is 0 Å². The van der Waals surface area contributed by atoms with Crippen molar-refractivity contribution in [3.05, 3.63) is 0 Å². The summed E-state index contributed by atoms with van der Waals surface area (Å²) in [6.07, 6.45) is 12.3. The fraction of sp³-hybridized carbons (Fsp3) is 1.00. The highest BCUT2D eigenvalue weighted by atomic mass is 15.3. The summed E-state index contributed by atoms with van der Waals surface area (Å²) in [4.78, 5) is 2.82. The molecule has 2 saturated heterocycles. The van der Waals surface area contributed by atoms with E-state index >= 15 is 0 Å². The van der Waals surface area contributed by atoms with Crippen LogP contribution in [-0.4, -0.2) is 29.7 Å². The van der Waals surface area contributed by atoms with Crippen molar-refractivity contribution in [3.63, 3.8) is 0 Å². The van der Waals surface area contributed by atoms with E-state index in [1.807, 2.05) is 0 Å². The van der Waals surface area contributed by atoms with Gasteiger partial charge in [-0.25, -0.2) is 0 Å². The van der Waals surface area contributed by atoms with Crippen molar-refractivity contribution in [1.29, 1.82) is 0 Å². The van der Waals surface area contributed by atoms with Gasteiger partial charge in [0.15, 0.2) is 0 Å². The molecule has 14 heavy (non-hydrogen) atoms. The minimum absolute atomic E-state index is 0.662. The summed E-state index contributed by atoms with van der Waals surface area (Å²) in [5.41, 5.74) is 0.662. The number of hydrogen-bond acceptors (Lipinski definition) is 2. The van der Waals surface area contributed by atoms with Crippen LogP contribution in [0.3, 0.4) is 0 Å². The summed E-state index contributed by atoms with van der Waals surface area (Å²) >= 11 is 0. The van der Waals surface area contributed by atoms with Crippen LogP contribution in [0.5, 0.6) is 0 Å². The van der Waals surface area contributed by atoms with E-state index in [0.29, 0.717) is 5.54 Å². The molecule has 1 unspecified atom stereocenters. The van der Waals surface area contributed by atoms with Crippen LogP contribution in [-0.2, 0) is 0 Å². The Morgan fingerprint density at radius 3 is 2.50 bits per heavy atom. The number of nitrogens with zero attached hydrogens (tertiary/aromatic N) is 1. The van der Waals surface area contributed by atoms with Crippen molar-refractivity contribution in [1.82, 2.24) is 10.2 Å². The molecule has 0 amide bonds. The fourth-order valence-corrected chi connectivity index (χ4v) is 3.67. The van der Waals surface area contributed by atoms with Gasteiger partial charge in [-0.15, -0.1) is 0 Å². The van der Waals surface area contributed by atoms with E-state index in [1.165, 1.54) is 64.5 Å². The van der Waals surface area contributed by atoms with Gasteiger partial charge in [-0.05, 0) is 57.9 Å². The molecule has 0 aromatic carbocycles. The molecule has 3 aliphatic rings. The fourth-order valence-electron chi connectivity index (χ4n) is 3.67. The predicted molar refractivity (Wildman–Crippen MR) is 58.2 cm³/mol. The highest BCUT2D eigenvalue weighted by molar-refractivity contribution is 5.03. The molecule has 1 atom stereocenters. The van der Waals surface area contributed by atoms with E-state index in [4.69, 9.17) is 0 Å². The highest BCUT2D eigenvalue weighted by Gasteiger charge is 2.47. The maximum absolute atomic E-state index is 3.71. The van der Waals surface area contributed by atoms with Gasteiger partial charge >= 0.3 is 0 Å². The molecule has 80 valence electrons. The molecule has 0 bridgehead atoms. The second-order valence-corrected chi connectivity index (χ2v) is 5.34. The van der Waals surface area contributed by atoms with Crippen LogP contribution >= 0.6 is 0 Å². The van der Waals surface area contributed by atoms with E-state index in [-0.39, 0.29) is 0 Å². The average Bonchev–Trinajstić information content (AvgIpc) is 2.62. The Morgan fingerprint density at radius 2 is 1.86 bits per heavy atom. The lowest BCUT2D eigenvalue weighted by Gasteiger charge is -2.50. The largest absolute Gasteiger partial charge is 0.302 e. The van der Waals surface area contributed by atoms with Crippen molar-refractivity contribution in [3.8, 4) is 0 Å². The number of piperidine rings is 1. The van der Waals surface area contributed by atoms with Crippen LogP contribution in [0.25, 0.3) is 0 Å². The molecular formula is C12H22N2. The van der Waals surface area contributed by atoms with E-state index in [9.17, 15) is 0 Å². The topological polar surface area (TPSA) is 15.3 Å². The van der Waals surface area contributed by atoms with E-state index in [2.05, 4.69) is 10.2 Å². The van der Waals surface area contributed by atoms with Crippen molar-refractivity contribution in [2.45, 2.75) is 63.1 Å². The highest BCUT2D eigenvalue weighted by Crippen LogP contribution is 2.46. The minimum atomic E-state index is 0.662. The Kier molecular flexibility index (Phi) is 2.29. The number of hydrogen-bond donors (Lipinski definition) is 1. The van der Waals surface area contributed by atoms with E-state index < -0.39 is 0 Å². The van der Waals surface area contributed by atoms with Gasteiger partial charge in [-0.2, -0.15) is 0 Å². The quantitative estimate of drug-likeness (QED) is 0.687. The van der Waals surface area contributed by atoms with Gasteiger partial charge in [-0.3, -0.25) is 4.90 Å². The molecule has 1 spiro atoms. The number of nitrogens with one attached hydrogen (secondary N) is 1. The number of likely N-dealkylation sites (tertiary alicyclic amines) is 1. The molecule has 0 aromatic heterocycles. The molecule has 3 rings (SSSR count). The Bertz CT molecular complexity index is 204. The molecule has 2 heterocycles. The smallest absolute Gasteiger partial charge is 0.0601 e. The lowest BCUT2D eigenvalue weighted by atomic mass is 9.74. The summed E-state index contributed by atoms with van der Waals surface area (Å²) in [5, 5.41) is 3.71. The predicted octanol–water partition coefficient (Wildman–Crippen LogP) is 2.10. The van der Waals surface area contributed by atoms with Crippen molar-refractivity contribution in [2.75, 3.05) is 13.1 Å². The van der Waals surface area contributed by atoms with Crippen molar-refractivity contribution in [2.24, 2.45) is 0 Å². The molecule has 0 aromatic rings. The summed E-state index contributed by atoms with van der Waals surface area (Å²) in [7, 11) is 0. The Morgan fingerprint density at radius 1 is 1.00 bits per heavy atom. The molecule has 3 fully saturated rings. The molecule has 1 aliphatic carbocycles. The summed E-state index contributed by atoms with van der Waals surface area (Å²) < 4.78 is 0. The molecule has 2 heteroatoms. The van der Waals surface area contributed by atoms with Crippen molar-refractivity contribution >= 4 is 0 Å². The Hall–Kier alpha value is -0.0800. The SMILES string of the molecule is C1CCC(N2CCCC23CCC3)NC1. The third-order valence-corrected chi connectivity index (χ3v) is 4.60. The summed E-state index contributed by atoms with van der Waals surface area (Å²) in [5.74, 6) is 0. The molecule has 1 N–H and O–H groups in total. The van der Waals surface area contributed by atoms with Crippen LogP contribution in [0.4, 0.5) is 0 Å². The molecule has 2 nitrogen and oxygen atoms in total. The normalized spacial score (nSPS) is 37.3. The van der Waals surface area contributed by atoms with Gasteiger partial charge in [-0.1, -0.05) is 0 Å². The van der Waals surface area contributed by atoms with Crippen LogP contribution < -0.4 is 5.32 Å². The van der Waals surface area contributed by atoms with Crippen LogP contribution in [0, 0.1) is 0 Å². The minimum Gasteiger partial charge on any atom is -0.302 e. The standard InChI is InChI=1S/C12H22N2/c1-2-9-13-11(5-1)14-10-4-8-12(14)6-3-7-12/h11,13H,1-10H2. The maximum atomic E-state index is 3.71. The van der Waals surface area contributed by atoms with Gasteiger partial charge < -0.3 is 5.32 Å². The summed E-state index contributed by atoms with van der Waals surface area (Å²) in [6, 6.07) is 0. The first-order chi connectivity index (χ1) is 6.91. The monoisotopic (exact) mass is 194 g/mol. The van der Waals surface area contributed by atoms with E-state index in [1.54, 1.807) is 0 Å². The van der Waals surface area contributed by atoms with Crippen molar-refractivity contribution < 1.29 is 0 Å². The summed E-state index contributed by atoms with van der Waals surface area (Å²) in [6.45, 7) is 2.61. The zero-order chi connectivity index (χ0) is 9.43. The average molecular weight is 194 g/mol. The first-order valence-corrected chi connectivity index (χ1v) is 6.41. The van der Waals surface area contributed by atoms with Gasteiger partial charge in [0.25, 0.3) is 0 Å². The lowest BCUT2D eigenvalue weighted by molar-refractivity contribution is -0.00160. The molecular weight excluding hydrogens is 172 g/mol. The first kappa shape index (κ1) is 9.17. The van der Waals surface area contributed by atoms with Crippen LogP contribution in [0.1, 0.15) is 51.4 Å². The Labute approximate surface area is 87.0 Å². The third-order valence-electron chi connectivity index (χ3n) is 4.60. The Balaban J connectivity index is 1.70. The zero-order valence-corrected chi connectivity index (χ0v) is 9.10.